The molecule has 0 bridgehead atoms. The first-order valence-electron chi connectivity index (χ1n) is 0. The summed E-state index contributed by atoms with van der Waals surface area (Å²) in [6.07, 6.45) is 0. The van der Waals surface area contributed by atoms with Crippen LogP contribution in [-0.4, -0.2) is 0 Å². The average Bonchev–Trinajstić information content (AvgIpc) is 0. The van der Waals surface area contributed by atoms with Gasteiger partial charge in [0.1, 0.15) is 0 Å². The summed E-state index contributed by atoms with van der Waals surface area (Å²) in [5.74, 6) is 0. The van der Waals surface area contributed by atoms with Gasteiger partial charge in [-0.15, -0.1) is 0 Å². The predicted octanol–water partition coefficient (Wildman–Crippen LogP) is -0.723. The topological polar surface area (TPSA) is 171 Å². The van der Waals surface area contributed by atoms with Crippen molar-refractivity contribution in [3.05, 3.63) is 0 Å². The van der Waals surface area contributed by atoms with Crippen LogP contribution in [-0.2, 0) is 102 Å². The minimum atomic E-state index is 0. The Bertz CT molecular complexity index is 9.71. The van der Waals surface area contributed by atoms with E-state index in [0.29, 0.717) is 0 Å². The summed E-state index contributed by atoms with van der Waals surface area (Å²) in [5.41, 5.74) is 0. The first-order chi connectivity index (χ1) is 0. The quantitative estimate of drug-likeness (QED) is 0.550. The van der Waals surface area contributed by atoms with Crippen molar-refractivity contribution in [2.75, 3.05) is 0 Å². The van der Waals surface area contributed by atoms with E-state index in [0.717, 1.165) is 0 Å². The molecular weight excluding hydrogens is 304 g/mol. The molecule has 0 fully saturated rings. The van der Waals surface area contributed by atoms with Gasteiger partial charge in [-0.25, -0.2) is 0 Å². The molecule has 0 N–H and O–H groups in total. The van der Waals surface area contributed by atoms with Crippen LogP contribution in [0.2, 0.25) is 0 Å². The molecule has 4 radical (unpaired) electrons. The molecular formula is Cr4O6. The van der Waals surface area contributed by atoms with Crippen LogP contribution in [0.25, 0.3) is 0 Å². The number of hydrogen-bond donors (Lipinski definition) is 0. The van der Waals surface area contributed by atoms with Gasteiger partial charge in [0.25, 0.3) is 0 Å². The van der Waals surface area contributed by atoms with Gasteiger partial charge in [-0.3, -0.25) is 0 Å². The number of hydrogen-bond acceptors (Lipinski definition) is 0. The van der Waals surface area contributed by atoms with Crippen molar-refractivity contribution in [1.29, 1.82) is 0 Å². The van der Waals surface area contributed by atoms with Crippen molar-refractivity contribution in [3.63, 3.8) is 0 Å². The minimum Gasteiger partial charge on any atom is -2.00 e. The molecule has 0 unspecified atom stereocenters. The Hall–Kier alpha value is 1.89. The van der Waals surface area contributed by atoms with Gasteiger partial charge in [-0.1, -0.05) is 0 Å². The van der Waals surface area contributed by atoms with Crippen LogP contribution >= 0.6 is 0 Å². The van der Waals surface area contributed by atoms with Crippen LogP contribution in [0.1, 0.15) is 0 Å². The van der Waals surface area contributed by atoms with Crippen LogP contribution < -0.4 is 0 Å². The molecule has 0 aromatic rings. The smallest absolute Gasteiger partial charge is 2.00 e. The van der Waals surface area contributed by atoms with E-state index in [4.69, 9.17) is 0 Å². The summed E-state index contributed by atoms with van der Waals surface area (Å²) < 4.78 is 0. The fourth-order valence-corrected chi connectivity index (χ4v) is 0. The van der Waals surface area contributed by atoms with Gasteiger partial charge in [0.05, 0.1) is 0 Å². The van der Waals surface area contributed by atoms with Crippen molar-refractivity contribution in [2.45, 2.75) is 0 Å². The molecule has 0 rings (SSSR count). The summed E-state index contributed by atoms with van der Waals surface area (Å²) in [5, 5.41) is 0. The molecule has 0 aliphatic rings. The molecule has 0 aromatic heterocycles. The Morgan fingerprint density at radius 1 is 0.200 bits per heavy atom. The fraction of sp³-hybridized carbons (Fsp3) is 0. The van der Waals surface area contributed by atoms with Crippen LogP contribution in [0.4, 0.5) is 0 Å². The third-order valence-corrected chi connectivity index (χ3v) is 0. The molecule has 0 aliphatic carbocycles. The second-order valence-electron chi connectivity index (χ2n) is 0. The molecule has 0 saturated carbocycles. The Labute approximate surface area is 102 Å². The molecule has 0 atom stereocenters. The first kappa shape index (κ1) is 395. The van der Waals surface area contributed by atoms with Crippen molar-refractivity contribution in [1.82, 2.24) is 0 Å². The Morgan fingerprint density at radius 3 is 0.200 bits per heavy atom. The SMILES string of the molecule is [Cr+3].[Cr+3].[Cr+3].[Cr+3].[O-2].[O-2].[O-2].[O-2].[O-2].[O-2]. The summed E-state index contributed by atoms with van der Waals surface area (Å²) in [6.45, 7) is 0. The van der Waals surface area contributed by atoms with Gasteiger partial charge in [-0.2, -0.15) is 0 Å². The van der Waals surface area contributed by atoms with E-state index in [-0.39, 0.29) is 102 Å². The molecule has 6 nitrogen and oxygen atoms in total. The van der Waals surface area contributed by atoms with E-state index >= 15 is 0 Å². The summed E-state index contributed by atoms with van der Waals surface area (Å²) in [6, 6.07) is 0. The molecule has 0 spiro atoms. The minimum absolute atomic E-state index is 0. The Balaban J connectivity index is 0. The van der Waals surface area contributed by atoms with Crippen LogP contribution in [0.5, 0.6) is 0 Å². The third-order valence-electron chi connectivity index (χ3n) is 0. The predicted molar refractivity (Wildman–Crippen MR) is 4.12 cm³/mol. The van der Waals surface area contributed by atoms with Gasteiger partial charge < -0.3 is 32.9 Å². The summed E-state index contributed by atoms with van der Waals surface area (Å²) in [4.78, 5) is 0. The molecule has 0 aromatic carbocycles. The van der Waals surface area contributed by atoms with E-state index in [1.165, 1.54) is 0 Å². The molecule has 10 heavy (non-hydrogen) atoms. The summed E-state index contributed by atoms with van der Waals surface area (Å²) in [7, 11) is 0. The van der Waals surface area contributed by atoms with E-state index in [9.17, 15) is 0 Å². The molecule has 10 heteroatoms. The second-order valence-corrected chi connectivity index (χ2v) is 0. The van der Waals surface area contributed by atoms with E-state index in [2.05, 4.69) is 0 Å². The average molecular weight is 304 g/mol. The van der Waals surface area contributed by atoms with Gasteiger partial charge >= 0.3 is 69.4 Å². The number of rotatable bonds is 0. The van der Waals surface area contributed by atoms with Crippen molar-refractivity contribution < 1.29 is 102 Å². The fourth-order valence-electron chi connectivity index (χ4n) is 0. The van der Waals surface area contributed by atoms with Crippen LogP contribution in [0, 0.1) is 0 Å². The largest absolute Gasteiger partial charge is 3.00 e. The standard InChI is InChI=1S/4Cr.6O/q4*+3;6*-2. The van der Waals surface area contributed by atoms with Crippen molar-refractivity contribution >= 4 is 0 Å². The maximum Gasteiger partial charge on any atom is 3.00 e. The van der Waals surface area contributed by atoms with Crippen molar-refractivity contribution in [2.24, 2.45) is 0 Å². The normalized spacial score (nSPS) is 0. The van der Waals surface area contributed by atoms with Gasteiger partial charge in [0, 0.05) is 0 Å². The Morgan fingerprint density at radius 2 is 0.200 bits per heavy atom. The van der Waals surface area contributed by atoms with Crippen LogP contribution in [0.3, 0.4) is 0 Å². The maximum atomic E-state index is 0. The van der Waals surface area contributed by atoms with Gasteiger partial charge in [-0.05, 0) is 0 Å². The third kappa shape index (κ3) is 219. The molecule has 0 amide bonds. The second kappa shape index (κ2) is 298. The monoisotopic (exact) mass is 304 g/mol. The zero-order valence-corrected chi connectivity index (χ0v) is 9.18. The Kier molecular flexibility index (Phi) is 11800. The molecule has 0 aliphatic heterocycles. The van der Waals surface area contributed by atoms with Gasteiger partial charge in [0.2, 0.25) is 0 Å². The van der Waals surface area contributed by atoms with E-state index < -0.39 is 0 Å². The zero-order valence-electron chi connectivity index (χ0n) is 4.08. The summed E-state index contributed by atoms with van der Waals surface area (Å²) >= 11 is 0. The first-order valence-corrected chi connectivity index (χ1v) is 0. The molecule has 0 heterocycles. The molecule has 0 saturated heterocycles. The van der Waals surface area contributed by atoms with Gasteiger partial charge in [0.15, 0.2) is 0 Å². The van der Waals surface area contributed by atoms with Crippen LogP contribution in [0.15, 0.2) is 0 Å². The van der Waals surface area contributed by atoms with Crippen molar-refractivity contribution in [3.8, 4) is 0 Å². The van der Waals surface area contributed by atoms with E-state index in [1.54, 1.807) is 0 Å². The maximum absolute atomic E-state index is 0. The van der Waals surface area contributed by atoms with E-state index in [1.807, 2.05) is 0 Å². The zero-order chi connectivity index (χ0) is 0. The molecule has 60 valence electrons.